The smallest absolute Gasteiger partial charge is 0.379 e. The van der Waals surface area contributed by atoms with Crippen molar-refractivity contribution in [1.29, 1.82) is 0 Å². The molecule has 1 aromatic rings. The molecule has 33 heavy (non-hydrogen) atoms. The van der Waals surface area contributed by atoms with E-state index < -0.39 is 11.7 Å². The number of alkyl halides is 3. The molecule has 4 atom stereocenters. The van der Waals surface area contributed by atoms with Crippen LogP contribution >= 0.6 is 0 Å². The number of fused-ring (bicyclic) bond motifs is 1. The number of aromatic nitrogens is 1. The van der Waals surface area contributed by atoms with E-state index >= 15 is 0 Å². The predicted octanol–water partition coefficient (Wildman–Crippen LogP) is 3.57. The number of carbonyl (C=O) groups excluding carboxylic acids is 1. The van der Waals surface area contributed by atoms with E-state index in [0.29, 0.717) is 43.4 Å². The minimum atomic E-state index is -4.44. The van der Waals surface area contributed by atoms with E-state index in [2.05, 4.69) is 24.1 Å². The van der Waals surface area contributed by atoms with Crippen LogP contribution in [0.1, 0.15) is 56.4 Å². The van der Waals surface area contributed by atoms with Gasteiger partial charge in [0.2, 0.25) is 5.91 Å². The van der Waals surface area contributed by atoms with Gasteiger partial charge in [-0.1, -0.05) is 13.8 Å². The first-order chi connectivity index (χ1) is 15.6. The Morgan fingerprint density at radius 1 is 1.36 bits per heavy atom. The van der Waals surface area contributed by atoms with Gasteiger partial charge in [-0.15, -0.1) is 0 Å². The number of hydrogen-bond acceptors (Lipinski definition) is 5. The largest absolute Gasteiger partial charge is 0.417 e. The van der Waals surface area contributed by atoms with E-state index in [1.165, 1.54) is 0 Å². The van der Waals surface area contributed by atoms with Crippen molar-refractivity contribution in [3.8, 4) is 0 Å². The fourth-order valence-electron chi connectivity index (χ4n) is 5.61. The summed E-state index contributed by atoms with van der Waals surface area (Å²) in [6, 6.07) is 1.32. The summed E-state index contributed by atoms with van der Waals surface area (Å²) in [5.41, 5.74) is 0.226. The lowest BCUT2D eigenvalue weighted by Gasteiger charge is -2.42. The number of amides is 1. The van der Waals surface area contributed by atoms with Gasteiger partial charge in [0.25, 0.3) is 0 Å². The predicted molar refractivity (Wildman–Crippen MR) is 116 cm³/mol. The van der Waals surface area contributed by atoms with Gasteiger partial charge in [-0.2, -0.15) is 13.2 Å². The van der Waals surface area contributed by atoms with Crippen LogP contribution in [0.3, 0.4) is 0 Å². The van der Waals surface area contributed by atoms with Gasteiger partial charge in [0, 0.05) is 62.6 Å². The van der Waals surface area contributed by atoms with E-state index in [1.54, 1.807) is 12.0 Å². The number of ether oxygens (including phenoxy) is 2. The summed E-state index contributed by atoms with van der Waals surface area (Å²) in [4.78, 5) is 19.2. The van der Waals surface area contributed by atoms with Crippen LogP contribution in [0.5, 0.6) is 0 Å². The first-order valence-electron chi connectivity index (χ1n) is 11.8. The first kappa shape index (κ1) is 24.4. The second kappa shape index (κ2) is 9.50. The number of halogens is 3. The highest BCUT2D eigenvalue weighted by atomic mass is 19.4. The van der Waals surface area contributed by atoms with Gasteiger partial charge in [-0.25, -0.2) is 0 Å². The highest BCUT2D eigenvalue weighted by Gasteiger charge is 2.47. The standard InChI is InChI=1S/C24H34F3N3O3/c1-15(2)23(29-20-6-9-33-14-21(20)32-3)7-4-16(11-23)22(31)30-8-5-19-17(13-30)10-18(12-28-19)24(25,26)27/h10,12,15-16,20-21,29H,4-9,11,13-14H2,1-3H3/t16-,20+,21-,23+/m1/s1. The molecule has 1 aromatic heterocycles. The molecule has 1 saturated carbocycles. The summed E-state index contributed by atoms with van der Waals surface area (Å²) in [7, 11) is 1.70. The van der Waals surface area contributed by atoms with Crippen molar-refractivity contribution in [3.63, 3.8) is 0 Å². The average Bonchev–Trinajstić information content (AvgIpc) is 3.23. The summed E-state index contributed by atoms with van der Waals surface area (Å²) < 4.78 is 50.5. The van der Waals surface area contributed by atoms with E-state index in [0.717, 1.165) is 37.9 Å². The van der Waals surface area contributed by atoms with Gasteiger partial charge < -0.3 is 19.7 Å². The SMILES string of the molecule is CO[C@@H]1COCC[C@@H]1N[C@@]1(C(C)C)CC[C@@H](C(=O)N2CCc3ncc(C(F)(F)F)cc3C2)C1. The monoisotopic (exact) mass is 469 g/mol. The first-order valence-corrected chi connectivity index (χ1v) is 11.8. The van der Waals surface area contributed by atoms with Crippen LogP contribution in [-0.2, 0) is 33.4 Å². The zero-order valence-electron chi connectivity index (χ0n) is 19.6. The number of methoxy groups -OCH3 is 1. The van der Waals surface area contributed by atoms with Crippen LogP contribution in [0.4, 0.5) is 13.2 Å². The van der Waals surface area contributed by atoms with Gasteiger partial charge in [0.15, 0.2) is 0 Å². The Bertz CT molecular complexity index is 863. The molecule has 6 nitrogen and oxygen atoms in total. The molecule has 9 heteroatoms. The Balaban J connectivity index is 1.45. The molecule has 4 rings (SSSR count). The Hall–Kier alpha value is -1.71. The minimum Gasteiger partial charge on any atom is -0.379 e. The lowest BCUT2D eigenvalue weighted by molar-refractivity contribution is -0.138. The lowest BCUT2D eigenvalue weighted by Crippen LogP contribution is -2.58. The Labute approximate surface area is 193 Å². The molecule has 1 aliphatic carbocycles. The zero-order valence-corrected chi connectivity index (χ0v) is 19.6. The fourth-order valence-corrected chi connectivity index (χ4v) is 5.61. The molecule has 184 valence electrons. The van der Waals surface area contributed by atoms with Crippen molar-refractivity contribution >= 4 is 5.91 Å². The summed E-state index contributed by atoms with van der Waals surface area (Å²) in [6.45, 7) is 6.30. The van der Waals surface area contributed by atoms with Crippen LogP contribution in [0, 0.1) is 11.8 Å². The van der Waals surface area contributed by atoms with Crippen molar-refractivity contribution in [2.24, 2.45) is 11.8 Å². The van der Waals surface area contributed by atoms with Gasteiger partial charge in [-0.05, 0) is 43.2 Å². The highest BCUT2D eigenvalue weighted by Crippen LogP contribution is 2.42. The van der Waals surface area contributed by atoms with Gasteiger partial charge >= 0.3 is 6.18 Å². The normalized spacial score (nSPS) is 30.5. The summed E-state index contributed by atoms with van der Waals surface area (Å²) in [5, 5.41) is 3.85. The molecule has 3 heterocycles. The second-order valence-electron chi connectivity index (χ2n) is 9.98. The molecular weight excluding hydrogens is 435 g/mol. The van der Waals surface area contributed by atoms with Crippen LogP contribution in [0.25, 0.3) is 0 Å². The molecule has 0 spiro atoms. The maximum absolute atomic E-state index is 13.4. The topological polar surface area (TPSA) is 63.7 Å². The number of rotatable bonds is 5. The molecule has 0 unspecified atom stereocenters. The van der Waals surface area contributed by atoms with Crippen LogP contribution in [0.15, 0.2) is 12.3 Å². The van der Waals surface area contributed by atoms with E-state index in [9.17, 15) is 18.0 Å². The molecule has 3 aliphatic rings. The Morgan fingerprint density at radius 3 is 2.85 bits per heavy atom. The van der Waals surface area contributed by atoms with Crippen molar-refractivity contribution < 1.29 is 27.4 Å². The number of hydrogen-bond donors (Lipinski definition) is 1. The Kier molecular flexibility index (Phi) is 7.03. The maximum atomic E-state index is 13.4. The van der Waals surface area contributed by atoms with Crippen LogP contribution in [0.2, 0.25) is 0 Å². The summed E-state index contributed by atoms with van der Waals surface area (Å²) in [5.74, 6) is 0.231. The second-order valence-corrected chi connectivity index (χ2v) is 9.98. The number of nitrogens with zero attached hydrogens (tertiary/aromatic N) is 2. The molecule has 1 amide bonds. The van der Waals surface area contributed by atoms with Gasteiger partial charge in [0.05, 0.1) is 18.3 Å². The minimum absolute atomic E-state index is 0.0157. The molecular formula is C24H34F3N3O3. The van der Waals surface area contributed by atoms with Gasteiger partial charge in [0.1, 0.15) is 0 Å². The number of pyridine rings is 1. The molecule has 1 N–H and O–H groups in total. The summed E-state index contributed by atoms with van der Waals surface area (Å²) in [6.07, 6.45) is 0.167. The average molecular weight is 470 g/mol. The molecule has 0 radical (unpaired) electrons. The third-order valence-electron chi connectivity index (χ3n) is 7.76. The Morgan fingerprint density at radius 2 is 2.15 bits per heavy atom. The quantitative estimate of drug-likeness (QED) is 0.714. The number of carbonyl (C=O) groups is 1. The molecule has 2 aliphatic heterocycles. The lowest BCUT2D eigenvalue weighted by atomic mass is 9.82. The zero-order chi connectivity index (χ0) is 23.8. The van der Waals surface area contributed by atoms with E-state index in [-0.39, 0.29) is 36.1 Å². The molecule has 1 saturated heterocycles. The highest BCUT2D eigenvalue weighted by molar-refractivity contribution is 5.79. The fraction of sp³-hybridized carbons (Fsp3) is 0.750. The molecule has 0 aromatic carbocycles. The van der Waals surface area contributed by atoms with Gasteiger partial charge in [-0.3, -0.25) is 9.78 Å². The van der Waals surface area contributed by atoms with E-state index in [4.69, 9.17) is 9.47 Å². The third kappa shape index (κ3) is 5.05. The maximum Gasteiger partial charge on any atom is 0.417 e. The van der Waals surface area contributed by atoms with Crippen molar-refractivity contribution in [2.45, 2.75) is 76.4 Å². The van der Waals surface area contributed by atoms with Crippen molar-refractivity contribution in [1.82, 2.24) is 15.2 Å². The van der Waals surface area contributed by atoms with E-state index in [1.807, 2.05) is 0 Å². The molecule has 0 bridgehead atoms. The third-order valence-corrected chi connectivity index (χ3v) is 7.76. The molecule has 2 fully saturated rings. The van der Waals surface area contributed by atoms with Crippen LogP contribution < -0.4 is 5.32 Å². The number of nitrogens with one attached hydrogen (secondary N) is 1. The summed E-state index contributed by atoms with van der Waals surface area (Å²) >= 11 is 0. The van der Waals surface area contributed by atoms with Crippen molar-refractivity contribution in [2.75, 3.05) is 26.9 Å². The van der Waals surface area contributed by atoms with Crippen LogP contribution in [-0.4, -0.2) is 60.3 Å². The van der Waals surface area contributed by atoms with Crippen molar-refractivity contribution in [3.05, 3.63) is 29.1 Å².